The van der Waals surface area contributed by atoms with Crippen LogP contribution in [-0.4, -0.2) is 12.3 Å². The molecule has 0 amide bonds. The van der Waals surface area contributed by atoms with Gasteiger partial charge in [0.05, 0.1) is 5.69 Å². The van der Waals surface area contributed by atoms with Crippen LogP contribution in [0.25, 0.3) is 0 Å². The van der Waals surface area contributed by atoms with Crippen LogP contribution in [0.5, 0.6) is 0 Å². The van der Waals surface area contributed by atoms with E-state index in [1.54, 1.807) is 0 Å². The number of nitrogens with zero attached hydrogens (tertiary/aromatic N) is 2. The van der Waals surface area contributed by atoms with Crippen molar-refractivity contribution in [3.63, 3.8) is 0 Å². The highest BCUT2D eigenvalue weighted by molar-refractivity contribution is 5.80. The highest BCUT2D eigenvalue weighted by Crippen LogP contribution is 2.34. The second-order valence-corrected chi connectivity index (χ2v) is 5.71. The predicted molar refractivity (Wildman–Crippen MR) is 85.4 cm³/mol. The van der Waals surface area contributed by atoms with E-state index < -0.39 is 0 Å². The largest absolute Gasteiger partial charge is 0.265 e. The first-order chi connectivity index (χ1) is 10.1. The number of anilines is 1. The van der Waals surface area contributed by atoms with Gasteiger partial charge in [0.1, 0.15) is 5.82 Å². The number of benzene rings is 2. The van der Waals surface area contributed by atoms with Crippen molar-refractivity contribution in [3.8, 4) is 0 Å². The fourth-order valence-electron chi connectivity index (χ4n) is 2.87. The van der Waals surface area contributed by atoms with Crippen molar-refractivity contribution < 1.29 is 4.39 Å². The number of hydrogen-bond acceptors (Lipinski definition) is 2. The van der Waals surface area contributed by atoms with Crippen molar-refractivity contribution in [1.82, 2.24) is 0 Å². The number of hydrazone groups is 1. The quantitative estimate of drug-likeness (QED) is 0.747. The van der Waals surface area contributed by atoms with Gasteiger partial charge >= 0.3 is 0 Å². The van der Waals surface area contributed by atoms with Crippen LogP contribution in [0.4, 0.5) is 10.1 Å². The Kier molecular flexibility index (Phi) is 3.74. The molecule has 3 heteroatoms. The number of hydrogen-bond donors (Lipinski definition) is 0. The molecule has 1 aliphatic heterocycles. The minimum absolute atomic E-state index is 0.186. The first-order valence-corrected chi connectivity index (χ1v) is 7.26. The minimum atomic E-state index is -0.186. The summed E-state index contributed by atoms with van der Waals surface area (Å²) in [5.41, 5.74) is 4.67. The summed E-state index contributed by atoms with van der Waals surface area (Å²) in [6.45, 7) is 4.84. The lowest BCUT2D eigenvalue weighted by Crippen LogP contribution is -2.31. The Bertz CT molecular complexity index is 657. The molecular weight excluding hydrogens is 263 g/mol. The predicted octanol–water partition coefficient (Wildman–Crippen LogP) is 4.37. The van der Waals surface area contributed by atoms with Gasteiger partial charge in [0.15, 0.2) is 0 Å². The van der Waals surface area contributed by atoms with Crippen molar-refractivity contribution in [2.45, 2.75) is 26.2 Å². The van der Waals surface area contributed by atoms with Gasteiger partial charge in [-0.3, -0.25) is 5.01 Å². The van der Waals surface area contributed by atoms with Crippen molar-refractivity contribution in [3.05, 3.63) is 65.5 Å². The normalized spacial score (nSPS) is 17.3. The monoisotopic (exact) mass is 282 g/mol. The molecule has 0 N–H and O–H groups in total. The molecule has 2 nitrogen and oxygen atoms in total. The van der Waals surface area contributed by atoms with Crippen LogP contribution in [-0.2, 0) is 6.42 Å². The van der Waals surface area contributed by atoms with Gasteiger partial charge in [0.2, 0.25) is 0 Å². The van der Waals surface area contributed by atoms with Crippen molar-refractivity contribution in [2.75, 3.05) is 11.6 Å². The van der Waals surface area contributed by atoms with Crippen LogP contribution >= 0.6 is 0 Å². The molecule has 1 atom stereocenters. The second-order valence-electron chi connectivity index (χ2n) is 5.71. The SMILES string of the molecule is CC(C)=NN1CC(c2ccc(F)cc2)Cc2ccccc21. The van der Waals surface area contributed by atoms with Gasteiger partial charge in [0.25, 0.3) is 0 Å². The van der Waals surface area contributed by atoms with Gasteiger partial charge < -0.3 is 0 Å². The highest BCUT2D eigenvalue weighted by Gasteiger charge is 2.25. The van der Waals surface area contributed by atoms with E-state index in [0.717, 1.165) is 18.7 Å². The topological polar surface area (TPSA) is 15.6 Å². The molecule has 1 unspecified atom stereocenters. The first kappa shape index (κ1) is 13.8. The summed E-state index contributed by atoms with van der Waals surface area (Å²) >= 11 is 0. The van der Waals surface area contributed by atoms with Gasteiger partial charge in [-0.1, -0.05) is 30.3 Å². The third-order valence-corrected chi connectivity index (χ3v) is 3.79. The van der Waals surface area contributed by atoms with E-state index in [0.29, 0.717) is 5.92 Å². The number of rotatable bonds is 2. The Balaban J connectivity index is 1.97. The molecule has 2 aromatic rings. The van der Waals surface area contributed by atoms with E-state index in [2.05, 4.69) is 28.3 Å². The third kappa shape index (κ3) is 2.97. The standard InChI is InChI=1S/C18H19FN2/c1-13(2)20-21-12-16(14-7-9-17(19)10-8-14)11-15-5-3-4-6-18(15)21/h3-10,16H,11-12H2,1-2H3. The molecule has 108 valence electrons. The lowest BCUT2D eigenvalue weighted by Gasteiger charge is -2.33. The Morgan fingerprint density at radius 3 is 2.52 bits per heavy atom. The zero-order valence-electron chi connectivity index (χ0n) is 12.4. The lowest BCUT2D eigenvalue weighted by atomic mass is 9.88. The van der Waals surface area contributed by atoms with E-state index >= 15 is 0 Å². The van der Waals surface area contributed by atoms with Gasteiger partial charge in [0, 0.05) is 18.2 Å². The van der Waals surface area contributed by atoms with E-state index in [1.165, 1.54) is 28.9 Å². The Hall–Kier alpha value is -2.16. The summed E-state index contributed by atoms with van der Waals surface area (Å²) in [5.74, 6) is 0.151. The van der Waals surface area contributed by atoms with Crippen molar-refractivity contribution in [2.24, 2.45) is 5.10 Å². The molecule has 0 saturated carbocycles. The average Bonchev–Trinajstić information content (AvgIpc) is 2.47. The summed E-state index contributed by atoms with van der Waals surface area (Å²) in [5, 5.41) is 6.72. The van der Waals surface area contributed by atoms with Crippen LogP contribution in [0.15, 0.2) is 53.6 Å². The zero-order valence-corrected chi connectivity index (χ0v) is 12.4. The third-order valence-electron chi connectivity index (χ3n) is 3.79. The molecular formula is C18H19FN2. The molecule has 2 aromatic carbocycles. The summed E-state index contributed by atoms with van der Waals surface area (Å²) in [4.78, 5) is 0. The first-order valence-electron chi connectivity index (χ1n) is 7.26. The molecule has 1 aliphatic rings. The number of para-hydroxylation sites is 1. The van der Waals surface area contributed by atoms with E-state index in [-0.39, 0.29) is 5.82 Å². The van der Waals surface area contributed by atoms with Crippen LogP contribution in [0.2, 0.25) is 0 Å². The van der Waals surface area contributed by atoms with Gasteiger partial charge in [-0.05, 0) is 49.6 Å². The molecule has 3 rings (SSSR count). The minimum Gasteiger partial charge on any atom is -0.265 e. The average molecular weight is 282 g/mol. The van der Waals surface area contributed by atoms with E-state index in [4.69, 9.17) is 0 Å². The smallest absolute Gasteiger partial charge is 0.123 e. The molecule has 0 aliphatic carbocycles. The Morgan fingerprint density at radius 1 is 1.10 bits per heavy atom. The van der Waals surface area contributed by atoms with E-state index in [9.17, 15) is 4.39 Å². The molecule has 0 bridgehead atoms. The maximum atomic E-state index is 13.1. The molecule has 0 spiro atoms. The Morgan fingerprint density at radius 2 is 1.81 bits per heavy atom. The molecule has 0 radical (unpaired) electrons. The fraction of sp³-hybridized carbons (Fsp3) is 0.278. The van der Waals surface area contributed by atoms with Crippen LogP contribution in [0, 0.1) is 5.82 Å². The molecule has 1 heterocycles. The number of fused-ring (bicyclic) bond motifs is 1. The maximum absolute atomic E-state index is 13.1. The molecule has 0 aromatic heterocycles. The van der Waals surface area contributed by atoms with E-state index in [1.807, 2.05) is 32.0 Å². The van der Waals surface area contributed by atoms with Crippen molar-refractivity contribution >= 4 is 11.4 Å². The number of halogens is 1. The molecule has 0 saturated heterocycles. The summed E-state index contributed by atoms with van der Waals surface area (Å²) < 4.78 is 13.1. The van der Waals surface area contributed by atoms with Gasteiger partial charge in [-0.15, -0.1) is 0 Å². The summed E-state index contributed by atoms with van der Waals surface area (Å²) in [6, 6.07) is 15.2. The molecule has 0 fully saturated rings. The second kappa shape index (κ2) is 5.68. The van der Waals surface area contributed by atoms with Crippen LogP contribution in [0.3, 0.4) is 0 Å². The molecule has 21 heavy (non-hydrogen) atoms. The Labute approximate surface area is 124 Å². The van der Waals surface area contributed by atoms with Gasteiger partial charge in [-0.25, -0.2) is 4.39 Å². The summed E-state index contributed by atoms with van der Waals surface area (Å²) in [7, 11) is 0. The van der Waals surface area contributed by atoms with Crippen molar-refractivity contribution in [1.29, 1.82) is 0 Å². The van der Waals surface area contributed by atoms with Crippen LogP contribution in [0.1, 0.15) is 30.9 Å². The lowest BCUT2D eigenvalue weighted by molar-refractivity contribution is 0.608. The highest BCUT2D eigenvalue weighted by atomic mass is 19.1. The summed E-state index contributed by atoms with van der Waals surface area (Å²) in [6.07, 6.45) is 0.969. The van der Waals surface area contributed by atoms with Crippen LogP contribution < -0.4 is 5.01 Å². The zero-order chi connectivity index (χ0) is 14.8. The fourth-order valence-corrected chi connectivity index (χ4v) is 2.87. The maximum Gasteiger partial charge on any atom is 0.123 e. The van der Waals surface area contributed by atoms with Gasteiger partial charge in [-0.2, -0.15) is 5.10 Å².